The minimum absolute atomic E-state index is 0.00324. The van der Waals surface area contributed by atoms with Gasteiger partial charge in [-0.2, -0.15) is 0 Å². The molecule has 6 aromatic carbocycles. The summed E-state index contributed by atoms with van der Waals surface area (Å²) in [5.74, 6) is 1.45. The fraction of sp³-hybridized carbons (Fsp3) is 0.622. The van der Waals surface area contributed by atoms with Crippen LogP contribution in [0.1, 0.15) is 293 Å². The zero-order valence-corrected chi connectivity index (χ0v) is 57.9. The predicted molar refractivity (Wildman–Crippen MR) is 384 cm³/mol. The Bertz CT molecular complexity index is 2930. The first-order valence-electron chi connectivity index (χ1n) is 37.4. The van der Waals surface area contributed by atoms with E-state index >= 15 is 0 Å². The molecule has 0 bridgehead atoms. The number of amides is 1. The van der Waals surface area contributed by atoms with Crippen LogP contribution in [0.5, 0.6) is 23.0 Å². The van der Waals surface area contributed by atoms with Crippen LogP contribution in [0.4, 0.5) is 0 Å². The highest BCUT2D eigenvalue weighted by Crippen LogP contribution is 2.37. The van der Waals surface area contributed by atoms with Gasteiger partial charge >= 0.3 is 11.9 Å². The third kappa shape index (κ3) is 28.7. The van der Waals surface area contributed by atoms with Crippen molar-refractivity contribution in [1.82, 2.24) is 5.32 Å². The summed E-state index contributed by atoms with van der Waals surface area (Å²) in [5, 5.41) is 8.98. The summed E-state index contributed by atoms with van der Waals surface area (Å²) >= 11 is 0. The van der Waals surface area contributed by atoms with Crippen LogP contribution in [0.3, 0.4) is 0 Å². The van der Waals surface area contributed by atoms with Crippen LogP contribution < -0.4 is 24.3 Å². The molecule has 6 aromatic rings. The molecule has 0 aliphatic carbocycles. The van der Waals surface area contributed by atoms with E-state index in [-0.39, 0.29) is 26.1 Å². The van der Waals surface area contributed by atoms with Gasteiger partial charge in [0, 0.05) is 24.8 Å². The van der Waals surface area contributed by atoms with Gasteiger partial charge in [-0.25, -0.2) is 4.79 Å². The molecule has 92 heavy (non-hydrogen) atoms. The Morgan fingerprint density at radius 1 is 0.359 bits per heavy atom. The fourth-order valence-corrected chi connectivity index (χ4v) is 12.7. The number of carbonyl (C=O) groups is 3. The van der Waals surface area contributed by atoms with Crippen LogP contribution in [-0.2, 0) is 31.9 Å². The molecule has 0 aromatic heterocycles. The lowest BCUT2D eigenvalue weighted by atomic mass is 9.91. The Morgan fingerprint density at radius 2 is 0.728 bits per heavy atom. The zero-order valence-electron chi connectivity index (χ0n) is 57.9. The van der Waals surface area contributed by atoms with Crippen molar-refractivity contribution >= 4 is 50.2 Å². The van der Waals surface area contributed by atoms with E-state index in [9.17, 15) is 14.4 Å². The van der Waals surface area contributed by atoms with E-state index in [0.717, 1.165) is 112 Å². The summed E-state index contributed by atoms with van der Waals surface area (Å²) in [4.78, 5) is 42.6. The lowest BCUT2D eigenvalue weighted by Gasteiger charge is -2.20. The van der Waals surface area contributed by atoms with Crippen LogP contribution in [0.2, 0.25) is 0 Å². The largest absolute Gasteiger partial charge is 0.490 e. The molecule has 6 rings (SSSR count). The van der Waals surface area contributed by atoms with Crippen molar-refractivity contribution in [1.29, 1.82) is 0 Å². The molecule has 0 saturated heterocycles. The second-order valence-electron chi connectivity index (χ2n) is 26.2. The average molecular weight is 1260 g/mol. The molecule has 0 aliphatic rings. The van der Waals surface area contributed by atoms with E-state index in [1.165, 1.54) is 180 Å². The molecule has 1 atom stereocenters. The van der Waals surface area contributed by atoms with Gasteiger partial charge in [0.15, 0.2) is 23.0 Å². The lowest BCUT2D eigenvalue weighted by Crippen LogP contribution is -2.42. The van der Waals surface area contributed by atoms with Crippen LogP contribution in [0.25, 0.3) is 32.3 Å². The first-order chi connectivity index (χ1) is 45.3. The van der Waals surface area contributed by atoms with Gasteiger partial charge in [0.05, 0.1) is 39.6 Å². The quantitative estimate of drug-likeness (QED) is 0.0226. The van der Waals surface area contributed by atoms with Gasteiger partial charge in [0.1, 0.15) is 6.04 Å². The number of hydrogen-bond donors (Lipinski definition) is 1. The number of benzene rings is 6. The molecule has 0 saturated carbocycles. The van der Waals surface area contributed by atoms with Gasteiger partial charge in [-0.05, 0) is 106 Å². The molecule has 10 heteroatoms. The predicted octanol–water partition coefficient (Wildman–Crippen LogP) is 22.7. The summed E-state index contributed by atoms with van der Waals surface area (Å²) in [6, 6.07) is 29.1. The molecule has 0 aliphatic heterocycles. The SMILES string of the molecule is CCCCCCCCCCCOc1ccc(CCOC(=O)CC[C@H](NC(=O)c2cc3cccc4ccc5cccc2c5c43)C(=O)OCCc2ccc(OCCCCCCCCCCC)c(OCCCCCCCCCCC)c2)cc1OCCCCCCCCCCC. The highest BCUT2D eigenvalue weighted by Gasteiger charge is 2.26. The summed E-state index contributed by atoms with van der Waals surface area (Å²) in [6.07, 6.45) is 45.6. The van der Waals surface area contributed by atoms with Crippen LogP contribution in [-0.4, -0.2) is 63.5 Å². The molecular weight excluding hydrogens is 1140 g/mol. The molecule has 0 heterocycles. The molecule has 1 amide bonds. The maximum absolute atomic E-state index is 14.6. The third-order valence-corrected chi connectivity index (χ3v) is 18.3. The summed E-state index contributed by atoms with van der Waals surface area (Å²) in [5.41, 5.74) is 2.38. The van der Waals surface area contributed by atoms with E-state index in [2.05, 4.69) is 57.3 Å². The topological polar surface area (TPSA) is 119 Å². The van der Waals surface area contributed by atoms with Gasteiger partial charge in [-0.1, -0.05) is 294 Å². The molecular formula is C82H121NO9. The number of rotatable bonds is 56. The molecule has 1 N–H and O–H groups in total. The molecule has 10 nitrogen and oxygen atoms in total. The Hall–Kier alpha value is -6.03. The van der Waals surface area contributed by atoms with Crippen molar-refractivity contribution in [3.63, 3.8) is 0 Å². The second-order valence-corrected chi connectivity index (χ2v) is 26.2. The smallest absolute Gasteiger partial charge is 0.328 e. The van der Waals surface area contributed by atoms with E-state index in [4.69, 9.17) is 28.4 Å². The van der Waals surface area contributed by atoms with Crippen molar-refractivity contribution in [3.05, 3.63) is 108 Å². The Balaban J connectivity index is 1.07. The van der Waals surface area contributed by atoms with Gasteiger partial charge < -0.3 is 33.7 Å². The summed E-state index contributed by atoms with van der Waals surface area (Å²) in [6.45, 7) is 11.8. The third-order valence-electron chi connectivity index (χ3n) is 18.3. The number of unbranched alkanes of at least 4 members (excludes halogenated alkanes) is 32. The fourth-order valence-electron chi connectivity index (χ4n) is 12.7. The highest BCUT2D eigenvalue weighted by molar-refractivity contribution is 6.27. The number of ether oxygens (including phenoxy) is 6. The van der Waals surface area contributed by atoms with Gasteiger partial charge in [-0.15, -0.1) is 0 Å². The van der Waals surface area contributed by atoms with E-state index in [1.807, 2.05) is 66.7 Å². The van der Waals surface area contributed by atoms with Crippen molar-refractivity contribution in [2.75, 3.05) is 39.6 Å². The normalized spacial score (nSPS) is 11.8. The molecule has 0 fully saturated rings. The van der Waals surface area contributed by atoms with Gasteiger partial charge in [0.25, 0.3) is 5.91 Å². The van der Waals surface area contributed by atoms with E-state index in [0.29, 0.717) is 50.6 Å². The minimum atomic E-state index is -1.12. The summed E-state index contributed by atoms with van der Waals surface area (Å²) in [7, 11) is 0. The second kappa shape index (κ2) is 46.9. The number of hydrogen-bond acceptors (Lipinski definition) is 9. The standard InChI is InChI=1S/C82H121NO9/c1-5-9-13-17-21-25-29-33-37-57-87-74-52-47-66(63-76(74)89-59-39-35-31-27-23-19-15-11-7-3)55-61-91-78(84)54-51-73(83-81(85)72-65-70-45-41-43-68-49-50-69-44-42-46-71(72)80(69)79(68)70)82(86)92-62-56-67-48-53-75(88-58-38-34-30-26-22-18-14-10-6-2)77(64-67)90-60-40-36-32-28-24-20-16-12-8-4/h41-50,52-53,63-65,73H,5-40,51,54-62H2,1-4H3,(H,83,85)/t73-/m0/s1. The first-order valence-corrected chi connectivity index (χ1v) is 37.4. The van der Waals surface area contributed by atoms with Crippen LogP contribution in [0.15, 0.2) is 91.0 Å². The minimum Gasteiger partial charge on any atom is -0.490 e. The van der Waals surface area contributed by atoms with Gasteiger partial charge in [-0.3, -0.25) is 9.59 Å². The Morgan fingerprint density at radius 3 is 1.16 bits per heavy atom. The maximum atomic E-state index is 14.6. The number of esters is 2. The molecule has 0 unspecified atom stereocenters. The first kappa shape index (κ1) is 75.0. The van der Waals surface area contributed by atoms with E-state index in [1.54, 1.807) is 0 Å². The summed E-state index contributed by atoms with van der Waals surface area (Å²) < 4.78 is 37.5. The zero-order chi connectivity index (χ0) is 64.9. The number of carbonyl (C=O) groups excluding carboxylic acids is 3. The van der Waals surface area contributed by atoms with Crippen molar-refractivity contribution in [3.8, 4) is 23.0 Å². The lowest BCUT2D eigenvalue weighted by molar-refractivity contribution is -0.147. The molecule has 0 radical (unpaired) electrons. The Kier molecular flexibility index (Phi) is 38.3. The average Bonchev–Trinajstić information content (AvgIpc) is 0.740. The van der Waals surface area contributed by atoms with Gasteiger partial charge in [0.2, 0.25) is 0 Å². The maximum Gasteiger partial charge on any atom is 0.328 e. The van der Waals surface area contributed by atoms with Crippen LogP contribution >= 0.6 is 0 Å². The highest BCUT2D eigenvalue weighted by atomic mass is 16.5. The van der Waals surface area contributed by atoms with Crippen molar-refractivity contribution < 1.29 is 42.8 Å². The number of nitrogens with one attached hydrogen (secondary N) is 1. The Labute approximate surface area is 556 Å². The monoisotopic (exact) mass is 1260 g/mol. The molecule has 508 valence electrons. The van der Waals surface area contributed by atoms with Crippen molar-refractivity contribution in [2.45, 2.75) is 291 Å². The molecule has 0 spiro atoms. The van der Waals surface area contributed by atoms with Crippen LogP contribution in [0, 0.1) is 0 Å². The van der Waals surface area contributed by atoms with E-state index < -0.39 is 23.9 Å². The van der Waals surface area contributed by atoms with Crippen molar-refractivity contribution in [2.24, 2.45) is 0 Å².